The molecule has 3 aromatic rings. The summed E-state index contributed by atoms with van der Waals surface area (Å²) in [7, 11) is 0. The summed E-state index contributed by atoms with van der Waals surface area (Å²) < 4.78 is 0. The Morgan fingerprint density at radius 3 is 2.07 bits per heavy atom. The van der Waals surface area contributed by atoms with Gasteiger partial charge in [0.25, 0.3) is 11.8 Å². The molecule has 1 aliphatic heterocycles. The van der Waals surface area contributed by atoms with E-state index in [1.807, 2.05) is 42.5 Å². The van der Waals surface area contributed by atoms with Crippen LogP contribution in [0.25, 0.3) is 5.57 Å². The van der Waals surface area contributed by atoms with E-state index >= 15 is 0 Å². The molecule has 4 nitrogen and oxygen atoms in total. The molecule has 6 heteroatoms. The predicted octanol–water partition coefficient (Wildman–Crippen LogP) is 5.95. The van der Waals surface area contributed by atoms with Crippen molar-refractivity contribution in [2.45, 2.75) is 13.3 Å². The van der Waals surface area contributed by atoms with Gasteiger partial charge in [-0.1, -0.05) is 72.6 Å². The van der Waals surface area contributed by atoms with E-state index < -0.39 is 11.8 Å². The SMILES string of the molecule is CCc1ccc(NC2=C(c3ccccc3)C(=O)N(c3cc(Cl)cc(Cl)c3)C2=O)cc1. The Labute approximate surface area is 184 Å². The van der Waals surface area contributed by atoms with Crippen LogP contribution in [-0.2, 0) is 16.0 Å². The van der Waals surface area contributed by atoms with Gasteiger partial charge in [-0.15, -0.1) is 0 Å². The van der Waals surface area contributed by atoms with Crippen LogP contribution in [0.15, 0.2) is 78.5 Å². The van der Waals surface area contributed by atoms with Gasteiger partial charge in [0, 0.05) is 15.7 Å². The Hall–Kier alpha value is -3.08. The number of rotatable bonds is 5. The number of imide groups is 1. The molecule has 0 saturated carbocycles. The maximum Gasteiger partial charge on any atom is 0.282 e. The van der Waals surface area contributed by atoms with Crippen molar-refractivity contribution in [3.05, 3.63) is 99.7 Å². The molecular formula is C24H18Cl2N2O2. The second kappa shape index (κ2) is 8.34. The first-order valence-electron chi connectivity index (χ1n) is 9.48. The van der Waals surface area contributed by atoms with Crippen molar-refractivity contribution in [1.82, 2.24) is 0 Å². The topological polar surface area (TPSA) is 49.4 Å². The number of amides is 2. The van der Waals surface area contributed by atoms with Gasteiger partial charge >= 0.3 is 0 Å². The summed E-state index contributed by atoms with van der Waals surface area (Å²) in [4.78, 5) is 27.8. The Bertz CT molecular complexity index is 1140. The zero-order valence-electron chi connectivity index (χ0n) is 16.2. The number of anilines is 2. The van der Waals surface area contributed by atoms with Gasteiger partial charge in [0.1, 0.15) is 5.70 Å². The predicted molar refractivity (Wildman–Crippen MR) is 122 cm³/mol. The number of nitrogens with one attached hydrogen (secondary N) is 1. The average Bonchev–Trinajstić information content (AvgIpc) is 2.98. The van der Waals surface area contributed by atoms with Crippen molar-refractivity contribution in [3.8, 4) is 0 Å². The molecule has 3 aromatic carbocycles. The fourth-order valence-electron chi connectivity index (χ4n) is 3.39. The van der Waals surface area contributed by atoms with E-state index in [9.17, 15) is 9.59 Å². The monoisotopic (exact) mass is 436 g/mol. The third kappa shape index (κ3) is 3.84. The average molecular weight is 437 g/mol. The molecule has 4 rings (SSSR count). The molecule has 2 amide bonds. The van der Waals surface area contributed by atoms with Gasteiger partial charge in [-0.05, 0) is 47.9 Å². The number of aryl methyl sites for hydroxylation is 1. The third-order valence-electron chi connectivity index (χ3n) is 4.88. The minimum Gasteiger partial charge on any atom is -0.350 e. The van der Waals surface area contributed by atoms with Crippen LogP contribution in [0.5, 0.6) is 0 Å². The number of nitrogens with zero attached hydrogens (tertiary/aromatic N) is 1. The lowest BCUT2D eigenvalue weighted by Gasteiger charge is -2.16. The highest BCUT2D eigenvalue weighted by Gasteiger charge is 2.40. The lowest BCUT2D eigenvalue weighted by atomic mass is 10.0. The molecule has 0 aliphatic carbocycles. The van der Waals surface area contributed by atoms with E-state index in [0.29, 0.717) is 26.9 Å². The molecule has 1 heterocycles. The Morgan fingerprint density at radius 1 is 0.833 bits per heavy atom. The molecule has 0 spiro atoms. The van der Waals surface area contributed by atoms with Crippen LogP contribution in [0.4, 0.5) is 11.4 Å². The minimum atomic E-state index is -0.461. The van der Waals surface area contributed by atoms with Crippen molar-refractivity contribution in [1.29, 1.82) is 0 Å². The number of carbonyl (C=O) groups excluding carboxylic acids is 2. The molecule has 0 saturated heterocycles. The van der Waals surface area contributed by atoms with Crippen molar-refractivity contribution in [2.75, 3.05) is 10.2 Å². The van der Waals surface area contributed by atoms with Crippen molar-refractivity contribution >= 4 is 52.0 Å². The largest absolute Gasteiger partial charge is 0.350 e. The summed E-state index contributed by atoms with van der Waals surface area (Å²) in [5.41, 5.74) is 3.40. The molecule has 1 N–H and O–H groups in total. The summed E-state index contributed by atoms with van der Waals surface area (Å²) in [6, 6.07) is 21.5. The van der Waals surface area contributed by atoms with Gasteiger partial charge in [0.05, 0.1) is 11.3 Å². The molecular weight excluding hydrogens is 419 g/mol. The summed E-state index contributed by atoms with van der Waals surface area (Å²) in [6.07, 6.45) is 0.916. The highest BCUT2D eigenvalue weighted by atomic mass is 35.5. The molecule has 0 unspecified atom stereocenters. The Balaban J connectivity index is 1.80. The van der Waals surface area contributed by atoms with Gasteiger partial charge in [-0.3, -0.25) is 9.59 Å². The van der Waals surface area contributed by atoms with E-state index in [0.717, 1.165) is 17.0 Å². The third-order valence-corrected chi connectivity index (χ3v) is 5.32. The lowest BCUT2D eigenvalue weighted by molar-refractivity contribution is -0.120. The normalized spacial score (nSPS) is 13.9. The van der Waals surface area contributed by atoms with Crippen LogP contribution in [-0.4, -0.2) is 11.8 Å². The first-order chi connectivity index (χ1) is 14.5. The van der Waals surface area contributed by atoms with Crippen LogP contribution >= 0.6 is 23.2 Å². The fraction of sp³-hybridized carbons (Fsp3) is 0.0833. The number of hydrogen-bond donors (Lipinski definition) is 1. The molecule has 1 aliphatic rings. The number of halogens is 2. The first kappa shape index (κ1) is 20.2. The van der Waals surface area contributed by atoms with Gasteiger partial charge in [0.2, 0.25) is 0 Å². The lowest BCUT2D eigenvalue weighted by Crippen LogP contribution is -2.32. The van der Waals surface area contributed by atoms with Gasteiger partial charge in [-0.25, -0.2) is 4.90 Å². The molecule has 0 bridgehead atoms. The molecule has 0 radical (unpaired) electrons. The molecule has 0 atom stereocenters. The quantitative estimate of drug-likeness (QED) is 0.502. The molecule has 0 aromatic heterocycles. The molecule has 30 heavy (non-hydrogen) atoms. The zero-order valence-corrected chi connectivity index (χ0v) is 17.7. The van der Waals surface area contributed by atoms with E-state index in [-0.39, 0.29) is 5.70 Å². The molecule has 150 valence electrons. The van der Waals surface area contributed by atoms with Gasteiger partial charge < -0.3 is 5.32 Å². The van der Waals surface area contributed by atoms with Crippen LogP contribution in [0.3, 0.4) is 0 Å². The second-order valence-electron chi connectivity index (χ2n) is 6.86. The maximum absolute atomic E-state index is 13.4. The molecule has 0 fully saturated rings. The highest BCUT2D eigenvalue weighted by molar-refractivity contribution is 6.46. The second-order valence-corrected chi connectivity index (χ2v) is 7.74. The Morgan fingerprint density at radius 2 is 1.47 bits per heavy atom. The van der Waals surface area contributed by atoms with Gasteiger partial charge in [-0.2, -0.15) is 0 Å². The van der Waals surface area contributed by atoms with E-state index in [1.54, 1.807) is 30.3 Å². The van der Waals surface area contributed by atoms with E-state index in [4.69, 9.17) is 23.2 Å². The van der Waals surface area contributed by atoms with Crippen LogP contribution in [0.1, 0.15) is 18.1 Å². The first-order valence-corrected chi connectivity index (χ1v) is 10.2. The highest BCUT2D eigenvalue weighted by Crippen LogP contribution is 2.35. The minimum absolute atomic E-state index is 0.214. The van der Waals surface area contributed by atoms with Crippen molar-refractivity contribution < 1.29 is 9.59 Å². The Kier molecular flexibility index (Phi) is 5.62. The van der Waals surface area contributed by atoms with Crippen LogP contribution in [0.2, 0.25) is 10.0 Å². The standard InChI is InChI=1S/C24H18Cl2N2O2/c1-2-15-8-10-19(11-9-15)27-22-21(16-6-4-3-5-7-16)23(29)28(24(22)30)20-13-17(25)12-18(26)14-20/h3-14,27H,2H2,1H3. The fourth-order valence-corrected chi connectivity index (χ4v) is 3.90. The number of carbonyl (C=O) groups is 2. The van der Waals surface area contributed by atoms with Crippen molar-refractivity contribution in [3.63, 3.8) is 0 Å². The zero-order chi connectivity index (χ0) is 21.3. The smallest absolute Gasteiger partial charge is 0.282 e. The summed E-state index contributed by atoms with van der Waals surface area (Å²) in [6.45, 7) is 2.08. The maximum atomic E-state index is 13.4. The summed E-state index contributed by atoms with van der Waals surface area (Å²) in [5, 5.41) is 3.84. The van der Waals surface area contributed by atoms with E-state index in [1.165, 1.54) is 5.56 Å². The summed E-state index contributed by atoms with van der Waals surface area (Å²) in [5.74, 6) is -0.894. The number of hydrogen-bond acceptors (Lipinski definition) is 3. The summed E-state index contributed by atoms with van der Waals surface area (Å²) >= 11 is 12.2. The van der Waals surface area contributed by atoms with E-state index in [2.05, 4.69) is 12.2 Å². The number of benzene rings is 3. The van der Waals surface area contributed by atoms with Gasteiger partial charge in [0.15, 0.2) is 0 Å². The van der Waals surface area contributed by atoms with Crippen molar-refractivity contribution in [2.24, 2.45) is 0 Å². The van der Waals surface area contributed by atoms with Crippen LogP contribution in [0, 0.1) is 0 Å². The van der Waals surface area contributed by atoms with Crippen LogP contribution < -0.4 is 10.2 Å².